The fourth-order valence-corrected chi connectivity index (χ4v) is 11.0. The molecule has 2 saturated heterocycles. The number of hydrogen-bond acceptors (Lipinski definition) is 8. The zero-order valence-corrected chi connectivity index (χ0v) is 38.7. The minimum Gasteiger partial charge on any atom is -0.481 e. The van der Waals surface area contributed by atoms with Gasteiger partial charge in [0.25, 0.3) is 5.91 Å². The molecule has 0 atom stereocenters. The number of carboxylic acid groups (broad SMARTS) is 1. The minimum atomic E-state index is -0.698. The summed E-state index contributed by atoms with van der Waals surface area (Å²) < 4.78 is 14.0. The van der Waals surface area contributed by atoms with Crippen LogP contribution in [0.5, 0.6) is 0 Å². The molecule has 13 heteroatoms. The molecule has 0 bridgehead atoms. The molecule has 59 heavy (non-hydrogen) atoms. The lowest BCUT2D eigenvalue weighted by Crippen LogP contribution is -2.39. The molecule has 9 nitrogen and oxygen atoms in total. The highest BCUT2D eigenvalue weighted by Crippen LogP contribution is 2.41. The highest BCUT2D eigenvalue weighted by atomic mass is 35.5. The summed E-state index contributed by atoms with van der Waals surface area (Å²) in [5.41, 5.74) is 4.09. The van der Waals surface area contributed by atoms with Crippen molar-refractivity contribution in [2.75, 3.05) is 26.4 Å². The Kier molecular flexibility index (Phi) is 16.0. The molecule has 2 saturated carbocycles. The Balaban J connectivity index is 0.000000168. The molecule has 4 aliphatic rings. The average Bonchev–Trinajstić information content (AvgIpc) is 4.06. The summed E-state index contributed by atoms with van der Waals surface area (Å²) in [5, 5.41) is 21.5. The van der Waals surface area contributed by atoms with Gasteiger partial charge in [0.1, 0.15) is 0 Å². The van der Waals surface area contributed by atoms with Gasteiger partial charge < -0.3 is 14.6 Å². The summed E-state index contributed by atoms with van der Waals surface area (Å²) in [5.74, 6) is -0.568. The van der Waals surface area contributed by atoms with Gasteiger partial charge in [-0.3, -0.25) is 14.7 Å². The molecular formula is C46H64Cl2N4O5S2. The lowest BCUT2D eigenvalue weighted by molar-refractivity contribution is -0.153. The smallest absolute Gasteiger partial charge is 0.309 e. The van der Waals surface area contributed by atoms with Crippen LogP contribution in [0.25, 0.3) is 0 Å². The van der Waals surface area contributed by atoms with Gasteiger partial charge >= 0.3 is 5.97 Å². The van der Waals surface area contributed by atoms with E-state index in [0.717, 1.165) is 71.4 Å². The number of aromatic amines is 1. The second-order valence-electron chi connectivity index (χ2n) is 18.3. The fraction of sp³-hybridized carbons (Fsp3) is 0.652. The average molecular weight is 888 g/mol. The Morgan fingerprint density at radius 3 is 1.64 bits per heavy atom. The van der Waals surface area contributed by atoms with Crippen LogP contribution in [0.3, 0.4) is 0 Å². The second kappa shape index (κ2) is 20.6. The third kappa shape index (κ3) is 12.1. The van der Waals surface area contributed by atoms with Crippen molar-refractivity contribution >= 4 is 57.8 Å². The van der Waals surface area contributed by atoms with Crippen LogP contribution in [0.1, 0.15) is 155 Å². The normalized spacial score (nSPS) is 20.7. The summed E-state index contributed by atoms with van der Waals surface area (Å²) in [7, 11) is 0. The van der Waals surface area contributed by atoms with Crippen LogP contribution in [0.15, 0.2) is 36.4 Å². The number of ether oxygens (including phenoxy) is 2. The Morgan fingerprint density at radius 1 is 0.678 bits per heavy atom. The first-order valence-electron chi connectivity index (χ1n) is 21.8. The van der Waals surface area contributed by atoms with E-state index in [9.17, 15) is 9.59 Å². The van der Waals surface area contributed by atoms with E-state index in [2.05, 4.69) is 55.2 Å². The van der Waals surface area contributed by atoms with Gasteiger partial charge in [-0.15, -0.1) is 22.7 Å². The van der Waals surface area contributed by atoms with Crippen molar-refractivity contribution in [3.05, 3.63) is 77.6 Å². The number of carbonyl (C=O) groups is 2. The number of nitrogens with one attached hydrogen (secondary N) is 1. The van der Waals surface area contributed by atoms with Crippen LogP contribution in [-0.4, -0.2) is 63.4 Å². The minimum absolute atomic E-state index is 0.0847. The largest absolute Gasteiger partial charge is 0.481 e. The van der Waals surface area contributed by atoms with Crippen LogP contribution in [0.2, 0.25) is 8.67 Å². The molecule has 4 aromatic rings. The van der Waals surface area contributed by atoms with Crippen molar-refractivity contribution in [1.29, 1.82) is 0 Å². The molecule has 0 amide bonds. The van der Waals surface area contributed by atoms with E-state index in [-0.39, 0.29) is 11.3 Å². The third-order valence-electron chi connectivity index (χ3n) is 13.5. The van der Waals surface area contributed by atoms with Crippen molar-refractivity contribution in [3.63, 3.8) is 0 Å². The van der Waals surface area contributed by atoms with Gasteiger partial charge in [-0.2, -0.15) is 10.2 Å². The summed E-state index contributed by atoms with van der Waals surface area (Å²) >= 11 is 15.4. The molecule has 6 heterocycles. The SMILES string of the molecule is CC1(C(=O)O)CCOCC1.CC1(C(=O)n2nc(C3(C)CCCCC3)cc2CCc2ccc(Cl)s2)CCOCC1.CC1(c2cc(CCc3ccc(Cl)s3)[nH]n2)CCCCC1. The van der Waals surface area contributed by atoms with Crippen LogP contribution in [0, 0.1) is 10.8 Å². The summed E-state index contributed by atoms with van der Waals surface area (Å²) in [6, 6.07) is 12.6. The Labute approximate surface area is 369 Å². The highest BCUT2D eigenvalue weighted by Gasteiger charge is 2.40. The van der Waals surface area contributed by atoms with E-state index in [1.165, 1.54) is 72.5 Å². The Bertz CT molecular complexity index is 1960. The zero-order valence-electron chi connectivity index (χ0n) is 35.5. The predicted octanol–water partition coefficient (Wildman–Crippen LogP) is 12.1. The van der Waals surface area contributed by atoms with Gasteiger partial charge in [0.2, 0.25) is 0 Å². The number of rotatable bonds is 10. The highest BCUT2D eigenvalue weighted by molar-refractivity contribution is 7.16. The van der Waals surface area contributed by atoms with E-state index in [0.29, 0.717) is 44.7 Å². The number of hydrogen-bond donors (Lipinski definition) is 2. The van der Waals surface area contributed by atoms with Crippen LogP contribution in [0.4, 0.5) is 0 Å². The molecule has 0 spiro atoms. The predicted molar refractivity (Wildman–Crippen MR) is 240 cm³/mol. The number of carbonyl (C=O) groups excluding carboxylic acids is 1. The van der Waals surface area contributed by atoms with E-state index in [1.807, 2.05) is 12.1 Å². The van der Waals surface area contributed by atoms with Gasteiger partial charge in [-0.05, 0) is 120 Å². The molecular weight excluding hydrogens is 824 g/mol. The lowest BCUT2D eigenvalue weighted by atomic mass is 9.73. The molecule has 4 aromatic heterocycles. The maximum absolute atomic E-state index is 13.6. The van der Waals surface area contributed by atoms with E-state index in [1.54, 1.807) is 34.3 Å². The van der Waals surface area contributed by atoms with Crippen LogP contribution >= 0.6 is 45.9 Å². The standard InChI is InChI=1S/C23H31ClN2O2S.C16H21ClN2S.C7H12O3/c1-22(10-4-3-5-11-22)19-16-17(6-7-18-8-9-20(24)29-18)26(25-19)21(27)23(2)12-14-28-15-13-23;1-16(9-3-2-4-10-16)14-11-12(18-19-14)5-6-13-7-8-15(17)20-13;1-7(6(8)9)2-4-10-5-3-7/h8-9,16H,3-7,10-15H2,1-2H3;7-8,11H,2-6,9-10H2,1H3,(H,18,19);2-5H2,1H3,(H,8,9). The summed E-state index contributed by atoms with van der Waals surface area (Å²) in [6.45, 7) is 11.0. The van der Waals surface area contributed by atoms with Gasteiger partial charge in [-0.25, -0.2) is 4.68 Å². The number of thiophene rings is 2. The first kappa shape index (κ1) is 46.0. The molecule has 0 unspecified atom stereocenters. The van der Waals surface area contributed by atoms with Gasteiger partial charge in [0.15, 0.2) is 0 Å². The molecule has 0 aromatic carbocycles. The maximum Gasteiger partial charge on any atom is 0.309 e. The summed E-state index contributed by atoms with van der Waals surface area (Å²) in [4.78, 5) is 26.8. The topological polar surface area (TPSA) is 119 Å². The summed E-state index contributed by atoms with van der Waals surface area (Å²) in [6.07, 6.45) is 19.3. The third-order valence-corrected chi connectivity index (χ3v) is 16.1. The number of aliphatic carboxylic acids is 1. The van der Waals surface area contributed by atoms with Crippen molar-refractivity contribution in [3.8, 4) is 0 Å². The number of halogens is 2. The van der Waals surface area contributed by atoms with E-state index < -0.39 is 16.8 Å². The van der Waals surface area contributed by atoms with Crippen molar-refractivity contribution in [1.82, 2.24) is 20.0 Å². The quantitative estimate of drug-likeness (QED) is 0.163. The molecule has 2 aliphatic heterocycles. The number of aromatic nitrogens is 4. The van der Waals surface area contributed by atoms with E-state index >= 15 is 0 Å². The second-order valence-corrected chi connectivity index (χ2v) is 21.9. The van der Waals surface area contributed by atoms with Crippen LogP contribution < -0.4 is 0 Å². The molecule has 2 N–H and O–H groups in total. The monoisotopic (exact) mass is 886 g/mol. The number of aryl methyl sites for hydroxylation is 4. The number of nitrogens with zero attached hydrogens (tertiary/aromatic N) is 3. The molecule has 2 aliphatic carbocycles. The fourth-order valence-electron chi connectivity index (χ4n) is 8.85. The Morgan fingerprint density at radius 2 is 1.17 bits per heavy atom. The van der Waals surface area contributed by atoms with Gasteiger partial charge in [-0.1, -0.05) is 82.5 Å². The Hall–Kier alpha value is -2.54. The number of H-pyrrole nitrogens is 1. The van der Waals surface area contributed by atoms with E-state index in [4.69, 9.17) is 42.9 Å². The lowest BCUT2D eigenvalue weighted by Gasteiger charge is -2.33. The van der Waals surface area contributed by atoms with Crippen molar-refractivity contribution < 1.29 is 24.2 Å². The van der Waals surface area contributed by atoms with Gasteiger partial charge in [0.05, 0.1) is 30.9 Å². The molecule has 8 rings (SSSR count). The zero-order chi connectivity index (χ0) is 42.1. The molecule has 4 fully saturated rings. The maximum atomic E-state index is 13.6. The molecule has 324 valence electrons. The first-order valence-corrected chi connectivity index (χ1v) is 24.2. The van der Waals surface area contributed by atoms with Crippen LogP contribution in [-0.2, 0) is 50.8 Å². The van der Waals surface area contributed by atoms with Crippen molar-refractivity contribution in [2.45, 2.75) is 154 Å². The van der Waals surface area contributed by atoms with Crippen molar-refractivity contribution in [2.24, 2.45) is 10.8 Å². The molecule has 0 radical (unpaired) electrons. The van der Waals surface area contributed by atoms with Gasteiger partial charge in [0, 0.05) is 58.4 Å². The first-order chi connectivity index (χ1) is 28.2. The number of carboxylic acids is 1.